The van der Waals surface area contributed by atoms with Crippen molar-refractivity contribution in [2.45, 2.75) is 47.5 Å². The summed E-state index contributed by atoms with van der Waals surface area (Å²) in [5.41, 5.74) is 3.13. The highest BCUT2D eigenvalue weighted by atomic mass is 16.6. The van der Waals surface area contributed by atoms with Gasteiger partial charge in [0.25, 0.3) is 5.91 Å². The number of anilines is 2. The molecule has 0 atom stereocenters. The Morgan fingerprint density at radius 1 is 1.28 bits per heavy atom. The molecule has 0 spiro atoms. The molecule has 0 unspecified atom stereocenters. The van der Waals surface area contributed by atoms with Gasteiger partial charge in [0.1, 0.15) is 23.5 Å². The lowest BCUT2D eigenvalue weighted by Crippen LogP contribution is -2.33. The monoisotopic (exact) mass is 442 g/mol. The van der Waals surface area contributed by atoms with Crippen LogP contribution in [0.3, 0.4) is 0 Å². The van der Waals surface area contributed by atoms with Gasteiger partial charge in [0.15, 0.2) is 17.3 Å². The van der Waals surface area contributed by atoms with Crippen molar-refractivity contribution in [3.8, 4) is 0 Å². The van der Waals surface area contributed by atoms with E-state index in [1.165, 1.54) is 6.33 Å². The summed E-state index contributed by atoms with van der Waals surface area (Å²) < 4.78 is 0. The Morgan fingerprint density at radius 3 is 2.69 bits per heavy atom. The second kappa shape index (κ2) is 11.6. The lowest BCUT2D eigenvalue weighted by Gasteiger charge is -2.19. The minimum Gasteiger partial charge on any atom is -0.371 e. The van der Waals surface area contributed by atoms with Crippen LogP contribution in [0, 0.1) is 0 Å². The zero-order valence-electron chi connectivity index (χ0n) is 19.1. The first kappa shape index (κ1) is 24.5. The molecule has 0 aromatic carbocycles. The van der Waals surface area contributed by atoms with Crippen LogP contribution in [0.1, 0.15) is 62.3 Å². The van der Waals surface area contributed by atoms with Crippen molar-refractivity contribution >= 4 is 29.0 Å². The topological polar surface area (TPSA) is 146 Å². The van der Waals surface area contributed by atoms with Crippen LogP contribution in [-0.2, 0) is 22.5 Å². The molecule has 2 aromatic rings. The zero-order chi connectivity index (χ0) is 23.7. The molecule has 172 valence electrons. The quantitative estimate of drug-likeness (QED) is 0.279. The molecule has 32 heavy (non-hydrogen) atoms. The zero-order valence-corrected chi connectivity index (χ0v) is 19.1. The summed E-state index contributed by atoms with van der Waals surface area (Å²) in [7, 11) is 0. The molecule has 11 heteroatoms. The van der Waals surface area contributed by atoms with Crippen LogP contribution in [0.5, 0.6) is 0 Å². The molecule has 0 fully saturated rings. The molecule has 2 aromatic heterocycles. The standard InChI is InChI=1S/C19H24N8O3.C2H6/c1-5-12-13(6-2)25-17(24-12)11(4)27-30-10(3)7-21-19(29)16-15-18(23-9-22-16)26-14(28)8-20-15;1-2/h9,20H,3,5-8H2,1-2,4H3,(H,21,29)(H,24,25)(H,22,23,26,28);1-2H3/b27-11+;. The predicted molar refractivity (Wildman–Crippen MR) is 123 cm³/mol. The van der Waals surface area contributed by atoms with Gasteiger partial charge >= 0.3 is 0 Å². The van der Waals surface area contributed by atoms with Crippen molar-refractivity contribution < 1.29 is 14.4 Å². The van der Waals surface area contributed by atoms with Gasteiger partial charge in [-0.15, -0.1) is 0 Å². The smallest absolute Gasteiger partial charge is 0.272 e. The molecule has 0 saturated heterocycles. The molecule has 1 aliphatic rings. The molecule has 11 nitrogen and oxygen atoms in total. The molecule has 0 radical (unpaired) electrons. The van der Waals surface area contributed by atoms with Crippen LogP contribution in [0.25, 0.3) is 0 Å². The highest BCUT2D eigenvalue weighted by Crippen LogP contribution is 2.24. The summed E-state index contributed by atoms with van der Waals surface area (Å²) in [6, 6.07) is 0. The third kappa shape index (κ3) is 5.90. The van der Waals surface area contributed by atoms with E-state index in [1.807, 2.05) is 20.8 Å². The molecule has 3 heterocycles. The van der Waals surface area contributed by atoms with Crippen LogP contribution in [0.15, 0.2) is 23.8 Å². The number of rotatable bonds is 8. The number of carbonyl (C=O) groups is 2. The van der Waals surface area contributed by atoms with E-state index in [0.29, 0.717) is 17.2 Å². The number of amides is 2. The second-order valence-electron chi connectivity index (χ2n) is 6.55. The number of aromatic amines is 1. The van der Waals surface area contributed by atoms with Crippen LogP contribution < -0.4 is 16.0 Å². The van der Waals surface area contributed by atoms with E-state index < -0.39 is 5.91 Å². The van der Waals surface area contributed by atoms with Gasteiger partial charge in [-0.2, -0.15) is 0 Å². The highest BCUT2D eigenvalue weighted by molar-refractivity contribution is 6.06. The third-order valence-electron chi connectivity index (χ3n) is 4.40. The average molecular weight is 443 g/mol. The van der Waals surface area contributed by atoms with E-state index in [-0.39, 0.29) is 36.3 Å². The largest absolute Gasteiger partial charge is 0.371 e. The van der Waals surface area contributed by atoms with E-state index in [9.17, 15) is 9.59 Å². The van der Waals surface area contributed by atoms with Crippen molar-refractivity contribution in [1.82, 2.24) is 25.3 Å². The molecule has 0 aliphatic carbocycles. The number of hydrogen-bond acceptors (Lipinski definition) is 8. The van der Waals surface area contributed by atoms with Gasteiger partial charge < -0.3 is 25.8 Å². The van der Waals surface area contributed by atoms with Crippen LogP contribution in [-0.4, -0.2) is 50.6 Å². The Bertz CT molecular complexity index is 991. The molecule has 0 saturated carbocycles. The summed E-state index contributed by atoms with van der Waals surface area (Å²) in [5, 5.41) is 12.1. The van der Waals surface area contributed by atoms with Gasteiger partial charge in [0.2, 0.25) is 5.91 Å². The summed E-state index contributed by atoms with van der Waals surface area (Å²) in [6.07, 6.45) is 2.89. The lowest BCUT2D eigenvalue weighted by atomic mass is 10.2. The van der Waals surface area contributed by atoms with Gasteiger partial charge in [-0.1, -0.05) is 39.4 Å². The van der Waals surface area contributed by atoms with Crippen molar-refractivity contribution in [2.24, 2.45) is 5.16 Å². The summed E-state index contributed by atoms with van der Waals surface area (Å²) in [5.74, 6) is 0.439. The van der Waals surface area contributed by atoms with Crippen LogP contribution in [0.4, 0.5) is 11.5 Å². The Labute approximate surface area is 187 Å². The Kier molecular flexibility index (Phi) is 8.87. The van der Waals surface area contributed by atoms with Crippen molar-refractivity contribution in [3.05, 3.63) is 41.6 Å². The van der Waals surface area contributed by atoms with Crippen molar-refractivity contribution in [2.75, 3.05) is 23.7 Å². The van der Waals surface area contributed by atoms with Gasteiger partial charge in [0.05, 0.1) is 18.8 Å². The number of hydrogen-bond donors (Lipinski definition) is 4. The molecule has 1 aliphatic heterocycles. The fourth-order valence-corrected chi connectivity index (χ4v) is 2.84. The molecule has 3 rings (SSSR count). The fraction of sp³-hybridized carbons (Fsp3) is 0.429. The number of fused-ring (bicyclic) bond motifs is 1. The maximum Gasteiger partial charge on any atom is 0.272 e. The summed E-state index contributed by atoms with van der Waals surface area (Å²) in [4.78, 5) is 44.9. The number of oxime groups is 1. The lowest BCUT2D eigenvalue weighted by molar-refractivity contribution is -0.114. The number of aryl methyl sites for hydroxylation is 2. The minimum atomic E-state index is -0.464. The maximum atomic E-state index is 12.5. The fourth-order valence-electron chi connectivity index (χ4n) is 2.84. The molecular weight excluding hydrogens is 412 g/mol. The summed E-state index contributed by atoms with van der Waals surface area (Å²) in [6.45, 7) is 13.7. The maximum absolute atomic E-state index is 12.5. The van der Waals surface area contributed by atoms with Crippen molar-refractivity contribution in [1.29, 1.82) is 0 Å². The van der Waals surface area contributed by atoms with Gasteiger partial charge in [-0.3, -0.25) is 9.59 Å². The molecule has 0 bridgehead atoms. The average Bonchev–Trinajstić information content (AvgIpc) is 3.25. The van der Waals surface area contributed by atoms with Gasteiger partial charge in [-0.05, 0) is 19.8 Å². The number of imidazole rings is 1. The number of H-pyrrole nitrogens is 1. The number of aromatic nitrogens is 4. The highest BCUT2D eigenvalue weighted by Gasteiger charge is 2.23. The Morgan fingerprint density at radius 2 is 2.03 bits per heavy atom. The molecule has 2 amide bonds. The second-order valence-corrected chi connectivity index (χ2v) is 6.55. The third-order valence-corrected chi connectivity index (χ3v) is 4.40. The molecule has 4 N–H and O–H groups in total. The van der Waals surface area contributed by atoms with E-state index in [0.717, 1.165) is 24.2 Å². The number of carbonyl (C=O) groups excluding carboxylic acids is 2. The SMILES string of the molecule is C=C(CNC(=O)c1ncnc2c1NCC(=O)N2)O/N=C(\C)c1nc(CC)c(CC)[nH]1.CC. The first-order valence-corrected chi connectivity index (χ1v) is 10.6. The minimum absolute atomic E-state index is 0.0271. The van der Waals surface area contributed by atoms with E-state index in [1.54, 1.807) is 6.92 Å². The molecular formula is C21H30N8O3. The number of nitrogens with zero attached hydrogens (tertiary/aromatic N) is 4. The Hall–Kier alpha value is -3.76. The van der Waals surface area contributed by atoms with Crippen molar-refractivity contribution in [3.63, 3.8) is 0 Å². The predicted octanol–water partition coefficient (Wildman–Crippen LogP) is 2.40. The Balaban J connectivity index is 0.00000176. The van der Waals surface area contributed by atoms with Gasteiger partial charge in [0, 0.05) is 5.69 Å². The van der Waals surface area contributed by atoms with E-state index in [2.05, 4.69) is 54.5 Å². The van der Waals surface area contributed by atoms with E-state index >= 15 is 0 Å². The summed E-state index contributed by atoms with van der Waals surface area (Å²) >= 11 is 0. The normalized spacial score (nSPS) is 12.5. The van der Waals surface area contributed by atoms with Crippen LogP contribution >= 0.6 is 0 Å². The number of nitrogens with one attached hydrogen (secondary N) is 4. The van der Waals surface area contributed by atoms with Crippen LogP contribution in [0.2, 0.25) is 0 Å². The first-order chi connectivity index (χ1) is 15.4. The van der Waals surface area contributed by atoms with E-state index in [4.69, 9.17) is 4.84 Å². The first-order valence-electron chi connectivity index (χ1n) is 10.6. The van der Waals surface area contributed by atoms with Gasteiger partial charge in [-0.25, -0.2) is 15.0 Å².